The number of hydrogen-bond donors (Lipinski definition) is 0. The first kappa shape index (κ1) is 16.0. The van der Waals surface area contributed by atoms with E-state index in [0.717, 1.165) is 36.9 Å². The molecule has 4 rings (SSSR count). The molecule has 1 aliphatic rings. The quantitative estimate of drug-likeness (QED) is 0.677. The molecule has 25 heavy (non-hydrogen) atoms. The molecule has 0 atom stereocenters. The van der Waals surface area contributed by atoms with Gasteiger partial charge in [0.2, 0.25) is 5.82 Å². The Labute approximate surface area is 146 Å². The van der Waals surface area contributed by atoms with Gasteiger partial charge >= 0.3 is 0 Å². The molecule has 0 radical (unpaired) electrons. The number of benzene rings is 1. The summed E-state index contributed by atoms with van der Waals surface area (Å²) in [6.07, 6.45) is 9.70. The number of hydrogen-bond acceptors (Lipinski definition) is 6. The van der Waals surface area contributed by atoms with Crippen molar-refractivity contribution in [2.24, 2.45) is 0 Å². The summed E-state index contributed by atoms with van der Waals surface area (Å²) >= 11 is 0. The first-order chi connectivity index (χ1) is 12.3. The summed E-state index contributed by atoms with van der Waals surface area (Å²) in [5.41, 5.74) is 1.32. The Bertz CT molecular complexity index is 820. The Hall–Kier alpha value is -2.54. The maximum Gasteiger partial charge on any atom is 0.259 e. The second-order valence-corrected chi connectivity index (χ2v) is 6.43. The summed E-state index contributed by atoms with van der Waals surface area (Å²) in [6, 6.07) is 7.83. The van der Waals surface area contributed by atoms with Crippen LogP contribution in [0.5, 0.6) is 0 Å². The van der Waals surface area contributed by atoms with Crippen molar-refractivity contribution in [1.29, 1.82) is 0 Å². The summed E-state index contributed by atoms with van der Waals surface area (Å²) in [7, 11) is 1.74. The fourth-order valence-electron chi connectivity index (χ4n) is 3.46. The predicted octanol–water partition coefficient (Wildman–Crippen LogP) is 3.51. The first-order valence-electron chi connectivity index (χ1n) is 8.65. The van der Waals surface area contributed by atoms with Crippen LogP contribution in [-0.2, 0) is 10.3 Å². The number of aromatic nitrogens is 5. The van der Waals surface area contributed by atoms with Gasteiger partial charge in [0.05, 0.1) is 5.69 Å². The molecule has 1 fully saturated rings. The molecule has 2 heterocycles. The van der Waals surface area contributed by atoms with Crippen molar-refractivity contribution in [3.05, 3.63) is 42.8 Å². The van der Waals surface area contributed by atoms with E-state index in [9.17, 15) is 0 Å². The second-order valence-electron chi connectivity index (χ2n) is 6.43. The minimum absolute atomic E-state index is 0.453. The lowest BCUT2D eigenvalue weighted by Crippen LogP contribution is -2.28. The zero-order valence-corrected chi connectivity index (χ0v) is 14.3. The van der Waals surface area contributed by atoms with Gasteiger partial charge in [0, 0.05) is 12.7 Å². The van der Waals surface area contributed by atoms with Crippen LogP contribution in [-0.4, -0.2) is 32.0 Å². The number of ether oxygens (including phenoxy) is 1. The standard InChI is InChI=1S/C18H21N5O2/c1-24-18(9-4-2-3-5-10-18)17-21-16(22-25-17)14-7-6-8-15(11-14)23-13-19-12-20-23/h6-8,11-13H,2-5,9-10H2,1H3. The van der Waals surface area contributed by atoms with Crippen molar-refractivity contribution in [2.75, 3.05) is 7.11 Å². The minimum atomic E-state index is -0.453. The predicted molar refractivity (Wildman–Crippen MR) is 91.0 cm³/mol. The van der Waals surface area contributed by atoms with Gasteiger partial charge in [0.15, 0.2) is 0 Å². The lowest BCUT2D eigenvalue weighted by Gasteiger charge is -2.26. The van der Waals surface area contributed by atoms with Crippen LogP contribution in [0.2, 0.25) is 0 Å². The van der Waals surface area contributed by atoms with E-state index in [1.807, 2.05) is 24.3 Å². The van der Waals surface area contributed by atoms with Gasteiger partial charge in [-0.1, -0.05) is 43.0 Å². The van der Waals surface area contributed by atoms with Crippen LogP contribution < -0.4 is 0 Å². The van der Waals surface area contributed by atoms with Crippen molar-refractivity contribution < 1.29 is 9.26 Å². The Morgan fingerprint density at radius 2 is 2.00 bits per heavy atom. The maximum atomic E-state index is 5.86. The topological polar surface area (TPSA) is 78.9 Å². The second kappa shape index (κ2) is 6.76. The molecule has 130 valence electrons. The van der Waals surface area contributed by atoms with Gasteiger partial charge in [-0.15, -0.1) is 0 Å². The van der Waals surface area contributed by atoms with Crippen LogP contribution in [0.3, 0.4) is 0 Å². The maximum absolute atomic E-state index is 5.86. The van der Waals surface area contributed by atoms with E-state index >= 15 is 0 Å². The molecule has 0 N–H and O–H groups in total. The van der Waals surface area contributed by atoms with Gasteiger partial charge < -0.3 is 9.26 Å². The van der Waals surface area contributed by atoms with Crippen molar-refractivity contribution >= 4 is 0 Å². The molecule has 7 nitrogen and oxygen atoms in total. The highest BCUT2D eigenvalue weighted by atomic mass is 16.5. The van der Waals surface area contributed by atoms with E-state index in [4.69, 9.17) is 9.26 Å². The van der Waals surface area contributed by atoms with E-state index in [1.165, 1.54) is 19.2 Å². The smallest absolute Gasteiger partial charge is 0.259 e. The summed E-state index contributed by atoms with van der Waals surface area (Å²) in [4.78, 5) is 8.64. The van der Waals surface area contributed by atoms with Crippen LogP contribution in [0.15, 0.2) is 41.4 Å². The SMILES string of the molecule is COC1(c2nc(-c3cccc(-n4cncn4)c3)no2)CCCCCC1. The van der Waals surface area contributed by atoms with E-state index < -0.39 is 5.60 Å². The highest BCUT2D eigenvalue weighted by molar-refractivity contribution is 5.58. The molecule has 0 unspecified atom stereocenters. The van der Waals surface area contributed by atoms with Crippen LogP contribution in [0.4, 0.5) is 0 Å². The molecule has 1 saturated carbocycles. The van der Waals surface area contributed by atoms with Gasteiger partial charge in [0.1, 0.15) is 18.3 Å². The molecule has 0 spiro atoms. The third kappa shape index (κ3) is 3.07. The summed E-state index contributed by atoms with van der Waals surface area (Å²) in [6.45, 7) is 0. The van der Waals surface area contributed by atoms with Gasteiger partial charge in [-0.3, -0.25) is 0 Å². The van der Waals surface area contributed by atoms with Crippen molar-refractivity contribution in [2.45, 2.75) is 44.1 Å². The molecule has 1 aliphatic carbocycles. The summed E-state index contributed by atoms with van der Waals surface area (Å²) in [5, 5.41) is 8.35. The number of methoxy groups -OCH3 is 1. The van der Waals surface area contributed by atoms with Gasteiger partial charge in [-0.05, 0) is 25.0 Å². The summed E-state index contributed by atoms with van der Waals surface area (Å²) in [5.74, 6) is 1.15. The molecule has 0 aliphatic heterocycles. The molecule has 0 amide bonds. The van der Waals surface area contributed by atoms with E-state index in [0.29, 0.717) is 11.7 Å². The fourth-order valence-corrected chi connectivity index (χ4v) is 3.46. The third-order valence-electron chi connectivity index (χ3n) is 4.91. The van der Waals surface area contributed by atoms with Crippen LogP contribution in [0.1, 0.15) is 44.4 Å². The lowest BCUT2D eigenvalue weighted by atomic mass is 9.94. The zero-order chi connectivity index (χ0) is 17.1. The highest BCUT2D eigenvalue weighted by Crippen LogP contribution is 2.38. The van der Waals surface area contributed by atoms with E-state index in [-0.39, 0.29) is 0 Å². The third-order valence-corrected chi connectivity index (χ3v) is 4.91. The molecule has 0 bridgehead atoms. The van der Waals surface area contributed by atoms with Gasteiger partial charge in [-0.25, -0.2) is 9.67 Å². The van der Waals surface area contributed by atoms with Crippen LogP contribution in [0, 0.1) is 0 Å². The Balaban J connectivity index is 1.66. The largest absolute Gasteiger partial charge is 0.368 e. The normalized spacial score (nSPS) is 17.3. The number of rotatable bonds is 4. The lowest BCUT2D eigenvalue weighted by molar-refractivity contribution is -0.0520. The molecular formula is C18H21N5O2. The first-order valence-corrected chi connectivity index (χ1v) is 8.65. The zero-order valence-electron chi connectivity index (χ0n) is 14.3. The highest BCUT2D eigenvalue weighted by Gasteiger charge is 2.38. The van der Waals surface area contributed by atoms with Crippen LogP contribution >= 0.6 is 0 Å². The van der Waals surface area contributed by atoms with E-state index in [1.54, 1.807) is 18.1 Å². The summed E-state index contributed by atoms with van der Waals surface area (Å²) < 4.78 is 13.2. The molecule has 0 saturated heterocycles. The molecular weight excluding hydrogens is 318 g/mol. The van der Waals surface area contributed by atoms with Gasteiger partial charge in [-0.2, -0.15) is 10.1 Å². The Morgan fingerprint density at radius 3 is 2.72 bits per heavy atom. The van der Waals surface area contributed by atoms with Crippen LogP contribution in [0.25, 0.3) is 17.1 Å². The van der Waals surface area contributed by atoms with Crippen molar-refractivity contribution in [1.82, 2.24) is 24.9 Å². The Morgan fingerprint density at radius 1 is 1.16 bits per heavy atom. The Kier molecular flexibility index (Phi) is 4.31. The van der Waals surface area contributed by atoms with Crippen molar-refractivity contribution in [3.63, 3.8) is 0 Å². The molecule has 3 aromatic rings. The fraction of sp³-hybridized carbons (Fsp3) is 0.444. The molecule has 2 aromatic heterocycles. The number of nitrogens with zero attached hydrogens (tertiary/aromatic N) is 5. The average Bonchev–Trinajstić information content (AvgIpc) is 3.31. The molecule has 1 aromatic carbocycles. The average molecular weight is 339 g/mol. The monoisotopic (exact) mass is 339 g/mol. The van der Waals surface area contributed by atoms with Crippen molar-refractivity contribution in [3.8, 4) is 17.1 Å². The minimum Gasteiger partial charge on any atom is -0.368 e. The molecule has 7 heteroatoms. The van der Waals surface area contributed by atoms with E-state index in [2.05, 4.69) is 20.2 Å². The van der Waals surface area contributed by atoms with Gasteiger partial charge in [0.25, 0.3) is 5.89 Å².